The average molecular weight is 285 g/mol. The molecule has 0 unspecified atom stereocenters. The summed E-state index contributed by atoms with van der Waals surface area (Å²) in [5.74, 6) is -0.550. The van der Waals surface area contributed by atoms with Crippen LogP contribution in [0.3, 0.4) is 0 Å². The predicted octanol–water partition coefficient (Wildman–Crippen LogP) is 4.23. The minimum Gasteiger partial charge on any atom is -0.462 e. The van der Waals surface area contributed by atoms with Crippen LogP contribution < -0.4 is 0 Å². The summed E-state index contributed by atoms with van der Waals surface area (Å²) in [4.78, 5) is 11.8. The summed E-state index contributed by atoms with van der Waals surface area (Å²) < 4.78 is 5.06. The average Bonchev–Trinajstić information content (AvgIpc) is 2.44. The fourth-order valence-electron chi connectivity index (χ4n) is 1.77. The minimum absolute atomic E-state index is 0.0367. The second-order valence-electron chi connectivity index (χ2n) is 6.03. The van der Waals surface area contributed by atoms with E-state index in [9.17, 15) is 4.79 Å². The van der Waals surface area contributed by atoms with Gasteiger partial charge in [-0.05, 0) is 29.0 Å². The van der Waals surface area contributed by atoms with E-state index in [4.69, 9.17) is 10.00 Å². The van der Waals surface area contributed by atoms with Gasteiger partial charge in [-0.1, -0.05) is 58.4 Å². The summed E-state index contributed by atoms with van der Waals surface area (Å²) in [7, 11) is 0. The van der Waals surface area contributed by atoms with E-state index >= 15 is 0 Å². The van der Waals surface area contributed by atoms with Crippen molar-refractivity contribution in [3.63, 3.8) is 0 Å². The molecule has 0 fully saturated rings. The molecule has 0 heterocycles. The Morgan fingerprint density at radius 3 is 2.38 bits per heavy atom. The molecule has 0 bridgehead atoms. The number of benzene rings is 1. The topological polar surface area (TPSA) is 50.1 Å². The number of nitriles is 1. The van der Waals surface area contributed by atoms with Crippen molar-refractivity contribution in [3.8, 4) is 6.07 Å². The van der Waals surface area contributed by atoms with Crippen molar-refractivity contribution in [1.82, 2.24) is 0 Å². The number of nitrogens with zero attached hydrogens (tertiary/aromatic N) is 1. The number of esters is 1. The van der Waals surface area contributed by atoms with Crippen LogP contribution in [-0.4, -0.2) is 12.6 Å². The van der Waals surface area contributed by atoms with E-state index < -0.39 is 5.97 Å². The Bertz CT molecular complexity index is 542. The molecule has 0 N–H and O–H groups in total. The van der Waals surface area contributed by atoms with Gasteiger partial charge in [0.15, 0.2) is 0 Å². The van der Waals surface area contributed by atoms with Gasteiger partial charge in [-0.2, -0.15) is 5.26 Å². The summed E-state index contributed by atoms with van der Waals surface area (Å²) in [5, 5.41) is 9.08. The molecule has 0 radical (unpaired) electrons. The highest BCUT2D eigenvalue weighted by molar-refractivity contribution is 5.97. The monoisotopic (exact) mass is 285 g/mol. The number of ether oxygens (including phenoxy) is 1. The number of hydrogen-bond acceptors (Lipinski definition) is 3. The second kappa shape index (κ2) is 7.64. The van der Waals surface area contributed by atoms with Crippen LogP contribution in [-0.2, 0) is 14.9 Å². The maximum absolute atomic E-state index is 11.8. The third-order valence-electron chi connectivity index (χ3n) is 3.16. The zero-order valence-corrected chi connectivity index (χ0v) is 13.3. The van der Waals surface area contributed by atoms with Crippen molar-refractivity contribution < 1.29 is 9.53 Å². The third kappa shape index (κ3) is 5.43. The van der Waals surface area contributed by atoms with Gasteiger partial charge >= 0.3 is 5.97 Å². The van der Waals surface area contributed by atoms with Gasteiger partial charge < -0.3 is 4.74 Å². The summed E-state index contributed by atoms with van der Waals surface area (Å²) in [6.07, 6.45) is 3.33. The van der Waals surface area contributed by atoms with Crippen molar-refractivity contribution in [1.29, 1.82) is 5.26 Å². The van der Waals surface area contributed by atoms with Gasteiger partial charge in [0.2, 0.25) is 0 Å². The zero-order valence-electron chi connectivity index (χ0n) is 13.3. The third-order valence-corrected chi connectivity index (χ3v) is 3.16. The fraction of sp³-hybridized carbons (Fsp3) is 0.444. The summed E-state index contributed by atoms with van der Waals surface area (Å²) in [6, 6.07) is 9.77. The molecule has 0 atom stereocenters. The van der Waals surface area contributed by atoms with Gasteiger partial charge in [0.1, 0.15) is 11.6 Å². The van der Waals surface area contributed by atoms with Crippen molar-refractivity contribution >= 4 is 12.0 Å². The molecule has 0 aliphatic carbocycles. The van der Waals surface area contributed by atoms with Gasteiger partial charge in [-0.3, -0.25) is 0 Å². The molecule has 0 saturated carbocycles. The van der Waals surface area contributed by atoms with Gasteiger partial charge in [-0.15, -0.1) is 0 Å². The van der Waals surface area contributed by atoms with E-state index in [0.717, 1.165) is 18.4 Å². The quantitative estimate of drug-likeness (QED) is 0.352. The molecule has 0 amide bonds. The lowest BCUT2D eigenvalue weighted by Crippen LogP contribution is -2.10. The molecular weight excluding hydrogens is 262 g/mol. The first-order valence-corrected chi connectivity index (χ1v) is 7.28. The summed E-state index contributed by atoms with van der Waals surface area (Å²) >= 11 is 0. The molecule has 3 heteroatoms. The van der Waals surface area contributed by atoms with Crippen LogP contribution in [0, 0.1) is 11.3 Å². The molecule has 1 aromatic rings. The highest BCUT2D eigenvalue weighted by Gasteiger charge is 2.13. The molecule has 0 aliphatic rings. The smallest absolute Gasteiger partial charge is 0.348 e. The SMILES string of the molecule is CCCCOC(=O)/C(C#N)=C\c1ccc(C(C)(C)C)cc1. The van der Waals surface area contributed by atoms with Gasteiger partial charge in [0.25, 0.3) is 0 Å². The highest BCUT2D eigenvalue weighted by Crippen LogP contribution is 2.22. The van der Waals surface area contributed by atoms with Gasteiger partial charge in [-0.25, -0.2) is 4.79 Å². The number of unbranched alkanes of at least 4 members (excludes halogenated alkanes) is 1. The first-order chi connectivity index (χ1) is 9.88. The van der Waals surface area contributed by atoms with Crippen LogP contribution in [0.15, 0.2) is 29.8 Å². The van der Waals surface area contributed by atoms with Crippen LogP contribution in [0.25, 0.3) is 6.08 Å². The van der Waals surface area contributed by atoms with Crippen molar-refractivity contribution in [2.24, 2.45) is 0 Å². The zero-order chi connectivity index (χ0) is 15.9. The highest BCUT2D eigenvalue weighted by atomic mass is 16.5. The summed E-state index contributed by atoms with van der Waals surface area (Å²) in [5.41, 5.74) is 2.16. The second-order valence-corrected chi connectivity index (χ2v) is 6.03. The Balaban J connectivity index is 2.84. The van der Waals surface area contributed by atoms with Crippen molar-refractivity contribution in [3.05, 3.63) is 41.0 Å². The molecule has 0 aliphatic heterocycles. The molecule has 0 spiro atoms. The fourth-order valence-corrected chi connectivity index (χ4v) is 1.77. The lowest BCUT2D eigenvalue weighted by Gasteiger charge is -2.18. The van der Waals surface area contributed by atoms with Crippen LogP contribution >= 0.6 is 0 Å². The first-order valence-electron chi connectivity index (χ1n) is 7.28. The molecule has 21 heavy (non-hydrogen) atoms. The van der Waals surface area contributed by atoms with E-state index in [2.05, 4.69) is 20.8 Å². The maximum Gasteiger partial charge on any atom is 0.348 e. The molecule has 0 aromatic heterocycles. The van der Waals surface area contributed by atoms with Crippen LogP contribution in [0.2, 0.25) is 0 Å². The normalized spacial score (nSPS) is 11.9. The Morgan fingerprint density at radius 2 is 1.90 bits per heavy atom. The molecular formula is C18H23NO2. The lowest BCUT2D eigenvalue weighted by atomic mass is 9.86. The van der Waals surface area contributed by atoms with E-state index in [1.807, 2.05) is 37.3 Å². The van der Waals surface area contributed by atoms with Crippen molar-refractivity contribution in [2.45, 2.75) is 46.0 Å². The molecule has 1 aromatic carbocycles. The molecule has 1 rings (SSSR count). The van der Waals surface area contributed by atoms with Crippen LogP contribution in [0.1, 0.15) is 51.7 Å². The van der Waals surface area contributed by atoms with Gasteiger partial charge in [0, 0.05) is 0 Å². The first kappa shape index (κ1) is 17.0. The summed E-state index contributed by atoms with van der Waals surface area (Å²) in [6.45, 7) is 8.81. The molecule has 0 saturated heterocycles. The Kier molecular flexibility index (Phi) is 6.17. The van der Waals surface area contributed by atoms with Crippen LogP contribution in [0.4, 0.5) is 0 Å². The lowest BCUT2D eigenvalue weighted by molar-refractivity contribution is -0.138. The van der Waals surface area contributed by atoms with E-state index in [-0.39, 0.29) is 11.0 Å². The van der Waals surface area contributed by atoms with Crippen molar-refractivity contribution in [2.75, 3.05) is 6.61 Å². The predicted molar refractivity (Wildman–Crippen MR) is 84.6 cm³/mol. The Morgan fingerprint density at radius 1 is 1.29 bits per heavy atom. The number of carbonyl (C=O) groups is 1. The molecule has 112 valence electrons. The standard InChI is InChI=1S/C18H23NO2/c1-5-6-11-21-17(20)15(13-19)12-14-7-9-16(10-8-14)18(2,3)4/h7-10,12H,5-6,11H2,1-4H3/b15-12-. The number of hydrogen-bond donors (Lipinski definition) is 0. The van der Waals surface area contributed by atoms with E-state index in [1.165, 1.54) is 5.56 Å². The van der Waals surface area contributed by atoms with E-state index in [0.29, 0.717) is 6.61 Å². The number of carbonyl (C=O) groups excluding carboxylic acids is 1. The van der Waals surface area contributed by atoms with E-state index in [1.54, 1.807) is 6.08 Å². The molecule has 3 nitrogen and oxygen atoms in total. The minimum atomic E-state index is -0.550. The Hall–Kier alpha value is -2.08. The maximum atomic E-state index is 11.8. The van der Waals surface area contributed by atoms with Crippen LogP contribution in [0.5, 0.6) is 0 Å². The Labute approximate surface area is 127 Å². The largest absolute Gasteiger partial charge is 0.462 e. The number of rotatable bonds is 5. The van der Waals surface area contributed by atoms with Gasteiger partial charge in [0.05, 0.1) is 6.61 Å².